The number of hydrogen-bond donors (Lipinski definition) is 1. The Balaban J connectivity index is 1.85. The Labute approximate surface area is 165 Å². The number of benzene rings is 2. The van der Waals surface area contributed by atoms with Crippen molar-refractivity contribution in [2.24, 2.45) is 0 Å². The average molecular weight is 411 g/mol. The van der Waals surface area contributed by atoms with E-state index in [0.29, 0.717) is 17.2 Å². The number of esters is 1. The van der Waals surface area contributed by atoms with E-state index in [9.17, 15) is 18.0 Å². The van der Waals surface area contributed by atoms with Crippen LogP contribution in [0.2, 0.25) is 0 Å². The normalized spacial score (nSPS) is 12.0. The highest BCUT2D eigenvalue weighted by Gasteiger charge is 2.30. The molecule has 0 bridgehead atoms. The maximum Gasteiger partial charge on any atom is 0.416 e. The zero-order valence-electron chi connectivity index (χ0n) is 15.8. The van der Waals surface area contributed by atoms with Gasteiger partial charge in [-0.1, -0.05) is 6.58 Å². The van der Waals surface area contributed by atoms with Gasteiger partial charge in [-0.25, -0.2) is 9.63 Å². The van der Waals surface area contributed by atoms with Gasteiger partial charge < -0.3 is 14.2 Å². The van der Waals surface area contributed by atoms with Gasteiger partial charge in [-0.05, 0) is 62.4 Å². The Hall–Kier alpha value is -3.20. The van der Waals surface area contributed by atoms with Crippen LogP contribution in [0.4, 0.5) is 13.2 Å². The van der Waals surface area contributed by atoms with Gasteiger partial charge in [0.2, 0.25) is 6.79 Å². The second kappa shape index (κ2) is 9.83. The van der Waals surface area contributed by atoms with Crippen molar-refractivity contribution in [3.8, 4) is 17.2 Å². The molecule has 0 heterocycles. The first-order valence-corrected chi connectivity index (χ1v) is 8.47. The van der Waals surface area contributed by atoms with Crippen molar-refractivity contribution < 1.29 is 37.0 Å². The fraction of sp³-hybridized carbons (Fsp3) is 0.250. The first-order chi connectivity index (χ1) is 13.6. The van der Waals surface area contributed by atoms with Crippen LogP contribution in [-0.2, 0) is 20.5 Å². The maximum absolute atomic E-state index is 12.6. The Kier molecular flexibility index (Phi) is 7.49. The zero-order chi connectivity index (χ0) is 21.4. The van der Waals surface area contributed by atoms with E-state index >= 15 is 0 Å². The molecule has 0 saturated carbocycles. The minimum atomic E-state index is -4.40. The molecule has 1 atom stereocenters. The molecule has 1 unspecified atom stereocenters. The third-order valence-electron chi connectivity index (χ3n) is 3.39. The van der Waals surface area contributed by atoms with E-state index < -0.39 is 23.8 Å². The Morgan fingerprint density at radius 2 is 1.55 bits per heavy atom. The monoisotopic (exact) mass is 411 g/mol. The van der Waals surface area contributed by atoms with Crippen LogP contribution in [0, 0.1) is 0 Å². The van der Waals surface area contributed by atoms with E-state index in [2.05, 4.69) is 12.1 Å². The van der Waals surface area contributed by atoms with Gasteiger partial charge in [0.05, 0.1) is 5.56 Å². The third-order valence-corrected chi connectivity index (χ3v) is 3.39. The highest BCUT2D eigenvalue weighted by atomic mass is 19.4. The average Bonchev–Trinajstić information content (AvgIpc) is 2.66. The summed E-state index contributed by atoms with van der Waals surface area (Å²) in [4.78, 5) is 16.7. The first kappa shape index (κ1) is 22.1. The van der Waals surface area contributed by atoms with Gasteiger partial charge in [-0.2, -0.15) is 13.2 Å². The molecule has 0 aliphatic carbocycles. The van der Waals surface area contributed by atoms with Crippen LogP contribution in [0.1, 0.15) is 19.4 Å². The summed E-state index contributed by atoms with van der Waals surface area (Å²) in [6.45, 7) is 6.44. The molecule has 1 N–H and O–H groups in total. The van der Waals surface area contributed by atoms with Gasteiger partial charge in [0.25, 0.3) is 0 Å². The number of hydrogen-bond acceptors (Lipinski definition) is 6. The molecule has 0 aliphatic rings. The number of rotatable bonds is 9. The molecule has 2 aromatic carbocycles. The van der Waals surface area contributed by atoms with E-state index in [1.807, 2.05) is 0 Å². The lowest BCUT2D eigenvalue weighted by Crippen LogP contribution is -2.28. The molecule has 29 heavy (non-hydrogen) atoms. The molecule has 0 aliphatic heterocycles. The predicted molar refractivity (Wildman–Crippen MR) is 98.0 cm³/mol. The molecule has 2 aromatic rings. The van der Waals surface area contributed by atoms with Crippen molar-refractivity contribution in [1.82, 2.24) is 5.48 Å². The summed E-state index contributed by atoms with van der Waals surface area (Å²) < 4.78 is 53.5. The fourth-order valence-corrected chi connectivity index (χ4v) is 2.04. The molecular formula is C20H20F3NO5. The Morgan fingerprint density at radius 3 is 2.07 bits per heavy atom. The summed E-state index contributed by atoms with van der Waals surface area (Å²) in [5.74, 6) is 0.410. The lowest BCUT2D eigenvalue weighted by atomic mass is 10.2. The van der Waals surface area contributed by atoms with E-state index in [-0.39, 0.29) is 12.5 Å². The van der Waals surface area contributed by atoms with Gasteiger partial charge in [-0.3, -0.25) is 5.48 Å². The summed E-state index contributed by atoms with van der Waals surface area (Å²) in [5.41, 5.74) is 2.25. The van der Waals surface area contributed by atoms with Crippen molar-refractivity contribution >= 4 is 5.97 Å². The maximum atomic E-state index is 12.6. The standard InChI is InChI=1S/C20H20F3NO5/c1-13(2)24-27-12-26-19(25)14(3)28-16-8-10-18(11-9-16)29-17-6-4-15(5-7-17)20(21,22)23/h4-11,14,24H,1,12H2,2-3H3. The summed E-state index contributed by atoms with van der Waals surface area (Å²) in [6, 6.07) is 10.6. The van der Waals surface area contributed by atoms with Crippen LogP contribution < -0.4 is 15.0 Å². The molecular weight excluding hydrogens is 391 g/mol. The lowest BCUT2D eigenvalue weighted by molar-refractivity contribution is -0.168. The molecule has 9 heteroatoms. The number of carbonyl (C=O) groups excluding carboxylic acids is 1. The summed E-state index contributed by atoms with van der Waals surface area (Å²) in [7, 11) is 0. The van der Waals surface area contributed by atoms with Crippen LogP contribution in [0.3, 0.4) is 0 Å². The predicted octanol–water partition coefficient (Wildman–Crippen LogP) is 4.82. The van der Waals surface area contributed by atoms with Crippen LogP contribution in [0.25, 0.3) is 0 Å². The van der Waals surface area contributed by atoms with Gasteiger partial charge in [-0.15, -0.1) is 0 Å². The quantitative estimate of drug-likeness (QED) is 0.276. The minimum Gasteiger partial charge on any atom is -0.479 e. The number of halogens is 3. The van der Waals surface area contributed by atoms with Gasteiger partial charge in [0.15, 0.2) is 6.10 Å². The second-order valence-electron chi connectivity index (χ2n) is 5.96. The van der Waals surface area contributed by atoms with Crippen molar-refractivity contribution in [3.63, 3.8) is 0 Å². The third kappa shape index (κ3) is 7.38. The van der Waals surface area contributed by atoms with E-state index in [1.54, 1.807) is 31.2 Å². The van der Waals surface area contributed by atoms with Crippen molar-refractivity contribution in [2.45, 2.75) is 26.1 Å². The van der Waals surface area contributed by atoms with Crippen LogP contribution >= 0.6 is 0 Å². The van der Waals surface area contributed by atoms with Gasteiger partial charge in [0, 0.05) is 5.70 Å². The first-order valence-electron chi connectivity index (χ1n) is 8.47. The number of alkyl halides is 3. The molecule has 0 fully saturated rings. The minimum absolute atomic E-state index is 0.256. The SMILES string of the molecule is C=C(C)NOCOC(=O)C(C)Oc1ccc(Oc2ccc(C(F)(F)F)cc2)cc1. The largest absolute Gasteiger partial charge is 0.479 e. The Bertz CT molecular complexity index is 820. The fourth-order valence-electron chi connectivity index (χ4n) is 2.04. The highest BCUT2D eigenvalue weighted by molar-refractivity contribution is 5.74. The molecule has 0 saturated heterocycles. The van der Waals surface area contributed by atoms with Crippen LogP contribution in [0.15, 0.2) is 60.8 Å². The van der Waals surface area contributed by atoms with E-state index in [0.717, 1.165) is 12.1 Å². The van der Waals surface area contributed by atoms with Crippen LogP contribution in [0.5, 0.6) is 17.2 Å². The summed E-state index contributed by atoms with van der Waals surface area (Å²) >= 11 is 0. The zero-order valence-corrected chi connectivity index (χ0v) is 15.8. The van der Waals surface area contributed by atoms with E-state index in [4.69, 9.17) is 19.0 Å². The second-order valence-corrected chi connectivity index (χ2v) is 5.96. The molecule has 0 spiro atoms. The molecule has 0 aromatic heterocycles. The number of hydroxylamine groups is 1. The smallest absolute Gasteiger partial charge is 0.416 e. The van der Waals surface area contributed by atoms with E-state index in [1.165, 1.54) is 19.1 Å². The Morgan fingerprint density at radius 1 is 1.03 bits per heavy atom. The number of ether oxygens (including phenoxy) is 3. The number of carbonyl (C=O) groups is 1. The van der Waals surface area contributed by atoms with Gasteiger partial charge in [0.1, 0.15) is 17.2 Å². The topological polar surface area (TPSA) is 66.0 Å². The highest BCUT2D eigenvalue weighted by Crippen LogP contribution is 2.31. The molecule has 2 rings (SSSR count). The lowest BCUT2D eigenvalue weighted by Gasteiger charge is -2.14. The summed E-state index contributed by atoms with van der Waals surface area (Å²) in [6.07, 6.45) is -5.28. The molecule has 0 amide bonds. The van der Waals surface area contributed by atoms with Crippen molar-refractivity contribution in [3.05, 3.63) is 66.4 Å². The molecule has 6 nitrogen and oxygen atoms in total. The molecule has 156 valence electrons. The summed E-state index contributed by atoms with van der Waals surface area (Å²) in [5, 5.41) is 0. The number of nitrogens with one attached hydrogen (secondary N) is 1. The number of allylic oxidation sites excluding steroid dienone is 1. The van der Waals surface area contributed by atoms with Crippen molar-refractivity contribution in [1.29, 1.82) is 0 Å². The van der Waals surface area contributed by atoms with Crippen molar-refractivity contribution in [2.75, 3.05) is 6.79 Å². The molecule has 0 radical (unpaired) electrons. The van der Waals surface area contributed by atoms with Gasteiger partial charge >= 0.3 is 12.1 Å². The van der Waals surface area contributed by atoms with Crippen LogP contribution in [-0.4, -0.2) is 18.9 Å².